The lowest BCUT2D eigenvalue weighted by atomic mass is 10.1. The third kappa shape index (κ3) is 3.30. The van der Waals surface area contributed by atoms with Gasteiger partial charge in [0.2, 0.25) is 0 Å². The minimum Gasteiger partial charge on any atom is -0.489 e. The summed E-state index contributed by atoms with van der Waals surface area (Å²) in [6.45, 7) is 4.72. The van der Waals surface area contributed by atoms with E-state index >= 15 is 0 Å². The van der Waals surface area contributed by atoms with Gasteiger partial charge in [-0.2, -0.15) is 13.2 Å². The van der Waals surface area contributed by atoms with Gasteiger partial charge in [-0.05, 0) is 6.07 Å². The van der Waals surface area contributed by atoms with Crippen LogP contribution >= 0.6 is 0 Å². The molecule has 0 atom stereocenters. The van der Waals surface area contributed by atoms with E-state index in [2.05, 4.69) is 10.2 Å². The molecule has 2 heterocycles. The van der Waals surface area contributed by atoms with E-state index in [1.165, 1.54) is 6.07 Å². The van der Waals surface area contributed by atoms with Crippen LogP contribution in [0.1, 0.15) is 17.5 Å². The maximum atomic E-state index is 13.1. The molecule has 1 N–H and O–H groups in total. The highest BCUT2D eigenvalue weighted by atomic mass is 19.4. The predicted octanol–water partition coefficient (Wildman–Crippen LogP) is 2.27. The van der Waals surface area contributed by atoms with Crippen molar-refractivity contribution < 1.29 is 22.6 Å². The summed E-state index contributed by atoms with van der Waals surface area (Å²) in [5.74, 6) is 0.100. The first-order chi connectivity index (χ1) is 10.6. The number of fused-ring (bicyclic) bond motifs is 1. The Kier molecular flexibility index (Phi) is 4.44. The van der Waals surface area contributed by atoms with Crippen molar-refractivity contribution in [3.63, 3.8) is 0 Å². The number of nitrogens with zero attached hydrogens (tertiary/aromatic N) is 1. The van der Waals surface area contributed by atoms with Crippen molar-refractivity contribution in [3.05, 3.63) is 23.3 Å². The van der Waals surface area contributed by atoms with Crippen LogP contribution in [0, 0.1) is 0 Å². The lowest BCUT2D eigenvalue weighted by Gasteiger charge is -2.28. The molecule has 4 nitrogen and oxygen atoms in total. The minimum absolute atomic E-state index is 0.155. The number of rotatable bonds is 2. The van der Waals surface area contributed by atoms with E-state index in [1.807, 2.05) is 0 Å². The summed E-state index contributed by atoms with van der Waals surface area (Å²) in [7, 11) is 0. The molecule has 1 fully saturated rings. The molecule has 0 aliphatic carbocycles. The highest BCUT2D eigenvalue weighted by molar-refractivity contribution is 5.53. The number of halogens is 3. The van der Waals surface area contributed by atoms with E-state index < -0.39 is 11.7 Å². The molecule has 2 aliphatic rings. The van der Waals surface area contributed by atoms with Crippen LogP contribution in [0.2, 0.25) is 0 Å². The number of nitrogens with one attached hydrogen (secondary N) is 1. The fraction of sp³-hybridized carbons (Fsp3) is 0.600. The minimum atomic E-state index is -4.44. The molecule has 0 spiro atoms. The maximum absolute atomic E-state index is 13.1. The van der Waals surface area contributed by atoms with Gasteiger partial charge in [0.25, 0.3) is 0 Å². The van der Waals surface area contributed by atoms with E-state index in [-0.39, 0.29) is 18.1 Å². The topological polar surface area (TPSA) is 33.7 Å². The van der Waals surface area contributed by atoms with Crippen LogP contribution in [-0.2, 0) is 12.7 Å². The first kappa shape index (κ1) is 15.4. The lowest BCUT2D eigenvalue weighted by Crippen LogP contribution is -2.42. The van der Waals surface area contributed by atoms with E-state index in [9.17, 15) is 13.2 Å². The fourth-order valence-corrected chi connectivity index (χ4v) is 2.77. The Morgan fingerprint density at radius 3 is 2.41 bits per heavy atom. The quantitative estimate of drug-likeness (QED) is 0.907. The van der Waals surface area contributed by atoms with Crippen LogP contribution in [0.5, 0.6) is 11.5 Å². The second-order valence-electron chi connectivity index (χ2n) is 5.50. The zero-order valence-electron chi connectivity index (χ0n) is 12.2. The molecule has 0 unspecified atom stereocenters. The molecule has 2 aliphatic heterocycles. The summed E-state index contributed by atoms with van der Waals surface area (Å²) in [6, 6.07) is 2.61. The highest BCUT2D eigenvalue weighted by Crippen LogP contribution is 2.44. The second kappa shape index (κ2) is 6.34. The number of hydrogen-bond acceptors (Lipinski definition) is 4. The Morgan fingerprint density at radius 1 is 1.05 bits per heavy atom. The van der Waals surface area contributed by atoms with E-state index in [0.717, 1.165) is 37.8 Å². The molecule has 3 rings (SSSR count). The first-order valence-electron chi connectivity index (χ1n) is 7.47. The molecule has 1 saturated heterocycles. The molecule has 7 heteroatoms. The fourth-order valence-electron chi connectivity index (χ4n) is 2.77. The van der Waals surface area contributed by atoms with Gasteiger partial charge in [-0.25, -0.2) is 0 Å². The zero-order valence-corrected chi connectivity index (χ0v) is 12.2. The Balaban J connectivity index is 1.93. The summed E-state index contributed by atoms with van der Waals surface area (Å²) >= 11 is 0. The van der Waals surface area contributed by atoms with Crippen molar-refractivity contribution in [2.24, 2.45) is 0 Å². The monoisotopic (exact) mass is 316 g/mol. The van der Waals surface area contributed by atoms with Crippen molar-refractivity contribution in [1.29, 1.82) is 0 Å². The molecule has 0 amide bonds. The third-order valence-electron chi connectivity index (χ3n) is 3.88. The van der Waals surface area contributed by atoms with Gasteiger partial charge in [-0.15, -0.1) is 0 Å². The van der Waals surface area contributed by atoms with Crippen molar-refractivity contribution in [3.8, 4) is 11.5 Å². The number of ether oxygens (including phenoxy) is 2. The molecule has 1 aromatic carbocycles. The van der Waals surface area contributed by atoms with Crippen molar-refractivity contribution >= 4 is 0 Å². The first-order valence-corrected chi connectivity index (χ1v) is 7.47. The van der Waals surface area contributed by atoms with Gasteiger partial charge >= 0.3 is 6.18 Å². The summed E-state index contributed by atoms with van der Waals surface area (Å²) < 4.78 is 50.4. The van der Waals surface area contributed by atoms with Crippen molar-refractivity contribution in [2.45, 2.75) is 19.1 Å². The molecule has 0 saturated carbocycles. The smallest absolute Gasteiger partial charge is 0.420 e. The molecule has 0 bridgehead atoms. The van der Waals surface area contributed by atoms with Gasteiger partial charge in [0.1, 0.15) is 5.56 Å². The van der Waals surface area contributed by atoms with Crippen LogP contribution in [-0.4, -0.2) is 44.3 Å². The average Bonchev–Trinajstić information content (AvgIpc) is 2.73. The highest BCUT2D eigenvalue weighted by Gasteiger charge is 2.37. The predicted molar refractivity (Wildman–Crippen MR) is 75.2 cm³/mol. The van der Waals surface area contributed by atoms with E-state index in [4.69, 9.17) is 9.47 Å². The Hall–Kier alpha value is -1.47. The van der Waals surface area contributed by atoms with Gasteiger partial charge in [0.15, 0.2) is 11.5 Å². The van der Waals surface area contributed by atoms with Crippen molar-refractivity contribution in [2.75, 3.05) is 39.4 Å². The van der Waals surface area contributed by atoms with Crippen molar-refractivity contribution in [1.82, 2.24) is 10.2 Å². The molecule has 0 radical (unpaired) electrons. The number of hydrogen-bond donors (Lipinski definition) is 1. The molecular weight excluding hydrogens is 297 g/mol. The van der Waals surface area contributed by atoms with Gasteiger partial charge in [-0.1, -0.05) is 6.07 Å². The molecule has 0 aromatic heterocycles. The normalized spacial score (nSPS) is 19.8. The van der Waals surface area contributed by atoms with Gasteiger partial charge in [0.05, 0.1) is 13.2 Å². The Bertz CT molecular complexity index is 528. The zero-order chi connectivity index (χ0) is 15.6. The van der Waals surface area contributed by atoms with Crippen LogP contribution < -0.4 is 14.8 Å². The molecule has 1 aromatic rings. The molecule has 122 valence electrons. The Morgan fingerprint density at radius 2 is 1.73 bits per heavy atom. The summed E-state index contributed by atoms with van der Waals surface area (Å²) in [4.78, 5) is 2.20. The van der Waals surface area contributed by atoms with E-state index in [1.54, 1.807) is 0 Å². The maximum Gasteiger partial charge on any atom is 0.420 e. The average molecular weight is 316 g/mol. The molecule has 22 heavy (non-hydrogen) atoms. The summed E-state index contributed by atoms with van der Waals surface area (Å²) in [5.41, 5.74) is 0.000242. The lowest BCUT2D eigenvalue weighted by molar-refractivity contribution is -0.139. The van der Waals surface area contributed by atoms with Crippen LogP contribution in [0.15, 0.2) is 12.1 Å². The number of alkyl halides is 3. The summed E-state index contributed by atoms with van der Waals surface area (Å²) in [6.07, 6.45) is -3.86. The van der Waals surface area contributed by atoms with Gasteiger partial charge < -0.3 is 14.8 Å². The van der Waals surface area contributed by atoms with E-state index in [0.29, 0.717) is 19.6 Å². The summed E-state index contributed by atoms with van der Waals surface area (Å²) in [5, 5.41) is 3.26. The number of benzene rings is 1. The largest absolute Gasteiger partial charge is 0.489 e. The van der Waals surface area contributed by atoms with Gasteiger partial charge in [0, 0.05) is 44.7 Å². The van der Waals surface area contributed by atoms with Crippen LogP contribution in [0.25, 0.3) is 0 Å². The van der Waals surface area contributed by atoms with Crippen LogP contribution in [0.4, 0.5) is 13.2 Å². The Labute approximate surface area is 127 Å². The second-order valence-corrected chi connectivity index (χ2v) is 5.50. The van der Waals surface area contributed by atoms with Gasteiger partial charge in [-0.3, -0.25) is 4.90 Å². The third-order valence-corrected chi connectivity index (χ3v) is 3.88. The SMILES string of the molecule is FC(F)(F)c1ccc(CN2CCNCC2)c2c1OCCCO2. The standard InChI is InChI=1S/C15H19F3N2O2/c16-15(17,18)12-3-2-11(10-20-6-4-19-5-7-20)13-14(12)22-9-1-8-21-13/h2-3,19H,1,4-10H2. The molecular formula is C15H19F3N2O2. The van der Waals surface area contributed by atoms with Crippen LogP contribution in [0.3, 0.4) is 0 Å². The number of piperazine rings is 1.